The van der Waals surface area contributed by atoms with Gasteiger partial charge in [-0.2, -0.15) is 9.97 Å². The number of carbonyl (C=O) groups excluding carboxylic acids is 1. The zero-order valence-corrected chi connectivity index (χ0v) is 11.0. The minimum absolute atomic E-state index is 0.0864. The molecule has 1 amide bonds. The highest BCUT2D eigenvalue weighted by molar-refractivity contribution is 5.74. The minimum atomic E-state index is -0.489. The van der Waals surface area contributed by atoms with Crippen molar-refractivity contribution in [3.8, 4) is 0 Å². The van der Waals surface area contributed by atoms with Crippen molar-refractivity contribution in [1.82, 2.24) is 9.97 Å². The molecule has 0 spiro atoms. The number of ether oxygens (including phenoxy) is 1. The van der Waals surface area contributed by atoms with E-state index in [2.05, 4.69) is 27.5 Å². The Hall–Kier alpha value is -2.09. The molecule has 8 nitrogen and oxygen atoms in total. The van der Waals surface area contributed by atoms with E-state index < -0.39 is 5.91 Å². The van der Waals surface area contributed by atoms with Crippen LogP contribution in [0.1, 0.15) is 13.3 Å². The number of nitrogen functional groups attached to an aromatic ring is 1. The van der Waals surface area contributed by atoms with Gasteiger partial charge >= 0.3 is 0 Å². The number of rotatable bonds is 9. The van der Waals surface area contributed by atoms with Crippen LogP contribution in [-0.4, -0.2) is 42.2 Å². The summed E-state index contributed by atoms with van der Waals surface area (Å²) in [7, 11) is 0. The fourth-order valence-electron chi connectivity index (χ4n) is 1.32. The third-order valence-corrected chi connectivity index (χ3v) is 2.10. The molecule has 106 valence electrons. The van der Waals surface area contributed by atoms with E-state index in [4.69, 9.17) is 16.2 Å². The van der Waals surface area contributed by atoms with Crippen LogP contribution in [0.2, 0.25) is 0 Å². The molecule has 6 N–H and O–H groups in total. The van der Waals surface area contributed by atoms with Crippen LogP contribution in [0.5, 0.6) is 0 Å². The molecule has 0 aliphatic rings. The standard InChI is InChI=1S/C11H20N6O2/c1-2-3-14-9-6-10(17-11(13)16-9)15-4-5-19-7-8(12)18/h6H,2-5,7H2,1H3,(H2,12,18)(H4,13,14,15,16,17). The Balaban J connectivity index is 2.40. The van der Waals surface area contributed by atoms with E-state index in [0.717, 1.165) is 13.0 Å². The predicted molar refractivity (Wildman–Crippen MR) is 73.7 cm³/mol. The predicted octanol–water partition coefficient (Wildman–Crippen LogP) is -0.205. The summed E-state index contributed by atoms with van der Waals surface area (Å²) >= 11 is 0. The fraction of sp³-hybridized carbons (Fsp3) is 0.545. The quantitative estimate of drug-likeness (QED) is 0.456. The molecule has 0 bridgehead atoms. The van der Waals surface area contributed by atoms with Crippen LogP contribution in [0.15, 0.2) is 6.07 Å². The molecule has 0 fully saturated rings. The minimum Gasteiger partial charge on any atom is -0.370 e. The van der Waals surface area contributed by atoms with Gasteiger partial charge in [0.1, 0.15) is 18.2 Å². The molecule has 0 aliphatic carbocycles. The van der Waals surface area contributed by atoms with Crippen LogP contribution in [0, 0.1) is 0 Å². The SMILES string of the molecule is CCCNc1cc(NCCOCC(N)=O)nc(N)n1. The van der Waals surface area contributed by atoms with Gasteiger partial charge in [0.2, 0.25) is 11.9 Å². The van der Waals surface area contributed by atoms with Gasteiger partial charge < -0.3 is 26.8 Å². The highest BCUT2D eigenvalue weighted by Gasteiger charge is 2.01. The van der Waals surface area contributed by atoms with E-state index in [1.807, 2.05) is 0 Å². The number of primary amides is 1. The lowest BCUT2D eigenvalue weighted by atomic mass is 10.4. The topological polar surface area (TPSA) is 128 Å². The Labute approximate surface area is 111 Å². The number of nitrogens with one attached hydrogen (secondary N) is 2. The molecule has 0 unspecified atom stereocenters. The fourth-order valence-corrected chi connectivity index (χ4v) is 1.32. The Bertz CT molecular complexity index is 412. The van der Waals surface area contributed by atoms with Crippen LogP contribution >= 0.6 is 0 Å². The van der Waals surface area contributed by atoms with Crippen LogP contribution in [-0.2, 0) is 9.53 Å². The summed E-state index contributed by atoms with van der Waals surface area (Å²) in [6.45, 7) is 3.64. The van der Waals surface area contributed by atoms with Crippen molar-refractivity contribution in [1.29, 1.82) is 0 Å². The molecule has 0 aliphatic heterocycles. The van der Waals surface area contributed by atoms with Crippen LogP contribution in [0.3, 0.4) is 0 Å². The Kier molecular flexibility index (Phi) is 6.37. The van der Waals surface area contributed by atoms with Crippen LogP contribution < -0.4 is 22.1 Å². The summed E-state index contributed by atoms with van der Waals surface area (Å²) < 4.78 is 5.01. The van der Waals surface area contributed by atoms with Gasteiger partial charge in [-0.05, 0) is 6.42 Å². The number of hydrogen-bond acceptors (Lipinski definition) is 7. The summed E-state index contributed by atoms with van der Waals surface area (Å²) in [5.41, 5.74) is 10.5. The number of carbonyl (C=O) groups is 1. The molecule has 1 rings (SSSR count). The van der Waals surface area contributed by atoms with Gasteiger partial charge in [-0.15, -0.1) is 0 Å². The maximum Gasteiger partial charge on any atom is 0.243 e. The van der Waals surface area contributed by atoms with Crippen molar-refractivity contribution in [3.63, 3.8) is 0 Å². The zero-order chi connectivity index (χ0) is 14.1. The normalized spacial score (nSPS) is 10.2. The lowest BCUT2D eigenvalue weighted by Crippen LogP contribution is -2.20. The molecule has 0 atom stereocenters. The second-order valence-corrected chi connectivity index (χ2v) is 3.87. The van der Waals surface area contributed by atoms with Crippen molar-refractivity contribution >= 4 is 23.5 Å². The van der Waals surface area contributed by atoms with Crippen molar-refractivity contribution < 1.29 is 9.53 Å². The van der Waals surface area contributed by atoms with Gasteiger partial charge in [0.25, 0.3) is 0 Å². The lowest BCUT2D eigenvalue weighted by molar-refractivity contribution is -0.122. The average molecular weight is 268 g/mol. The first-order valence-corrected chi connectivity index (χ1v) is 6.10. The van der Waals surface area contributed by atoms with Crippen molar-refractivity contribution in [2.24, 2.45) is 5.73 Å². The number of nitrogens with two attached hydrogens (primary N) is 2. The number of nitrogens with zero attached hydrogens (tertiary/aromatic N) is 2. The first kappa shape index (κ1) is 15.0. The third kappa shape index (κ3) is 6.41. The molecule has 1 heterocycles. The van der Waals surface area contributed by atoms with Crippen LogP contribution in [0.4, 0.5) is 17.6 Å². The number of amides is 1. The van der Waals surface area contributed by atoms with Crippen molar-refractivity contribution in [2.45, 2.75) is 13.3 Å². The molecule has 8 heteroatoms. The highest BCUT2D eigenvalue weighted by atomic mass is 16.5. The van der Waals surface area contributed by atoms with E-state index in [9.17, 15) is 4.79 Å². The van der Waals surface area contributed by atoms with Gasteiger partial charge in [-0.25, -0.2) is 0 Å². The molecule has 19 heavy (non-hydrogen) atoms. The smallest absolute Gasteiger partial charge is 0.243 e. The largest absolute Gasteiger partial charge is 0.370 e. The van der Waals surface area contributed by atoms with E-state index in [1.165, 1.54) is 0 Å². The number of hydrogen-bond donors (Lipinski definition) is 4. The summed E-state index contributed by atoms with van der Waals surface area (Å²) in [5.74, 6) is 0.989. The number of aromatic nitrogens is 2. The maximum absolute atomic E-state index is 10.5. The van der Waals surface area contributed by atoms with Crippen molar-refractivity contribution in [2.75, 3.05) is 42.7 Å². The second-order valence-electron chi connectivity index (χ2n) is 3.87. The van der Waals surface area contributed by atoms with E-state index >= 15 is 0 Å². The molecule has 0 saturated carbocycles. The molecule has 0 saturated heterocycles. The number of anilines is 3. The monoisotopic (exact) mass is 268 g/mol. The summed E-state index contributed by atoms with van der Waals surface area (Å²) in [5, 5.41) is 6.16. The summed E-state index contributed by atoms with van der Waals surface area (Å²) in [4.78, 5) is 18.6. The average Bonchev–Trinajstić information content (AvgIpc) is 2.35. The first-order valence-electron chi connectivity index (χ1n) is 6.10. The molecule has 1 aromatic heterocycles. The van der Waals surface area contributed by atoms with E-state index in [1.54, 1.807) is 6.07 Å². The second kappa shape index (κ2) is 8.09. The van der Waals surface area contributed by atoms with Gasteiger partial charge in [0.15, 0.2) is 0 Å². The maximum atomic E-state index is 10.5. The summed E-state index contributed by atoms with van der Waals surface area (Å²) in [6, 6.07) is 1.76. The molecule has 0 radical (unpaired) electrons. The van der Waals surface area contributed by atoms with Gasteiger partial charge in [-0.3, -0.25) is 4.79 Å². The van der Waals surface area contributed by atoms with E-state index in [0.29, 0.717) is 24.8 Å². The molecular weight excluding hydrogens is 248 g/mol. The molecule has 1 aromatic rings. The van der Waals surface area contributed by atoms with Gasteiger partial charge in [-0.1, -0.05) is 6.92 Å². The summed E-state index contributed by atoms with van der Waals surface area (Å²) in [6.07, 6.45) is 0.994. The van der Waals surface area contributed by atoms with Crippen LogP contribution in [0.25, 0.3) is 0 Å². The van der Waals surface area contributed by atoms with E-state index in [-0.39, 0.29) is 12.6 Å². The van der Waals surface area contributed by atoms with Gasteiger partial charge in [0.05, 0.1) is 6.61 Å². The molecule has 0 aromatic carbocycles. The third-order valence-electron chi connectivity index (χ3n) is 2.10. The van der Waals surface area contributed by atoms with Crippen molar-refractivity contribution in [3.05, 3.63) is 6.07 Å². The Morgan fingerprint density at radius 2 is 1.95 bits per heavy atom. The lowest BCUT2D eigenvalue weighted by Gasteiger charge is -2.09. The first-order chi connectivity index (χ1) is 9.11. The highest BCUT2D eigenvalue weighted by Crippen LogP contribution is 2.12. The molecular formula is C11H20N6O2. The Morgan fingerprint density at radius 1 is 1.32 bits per heavy atom. The zero-order valence-electron chi connectivity index (χ0n) is 11.0. The van der Waals surface area contributed by atoms with Gasteiger partial charge in [0, 0.05) is 19.2 Å². The Morgan fingerprint density at radius 3 is 2.53 bits per heavy atom.